The van der Waals surface area contributed by atoms with Crippen LogP contribution in [0.15, 0.2) is 0 Å². The van der Waals surface area contributed by atoms with Crippen molar-refractivity contribution in [1.82, 2.24) is 0 Å². The molecule has 0 radical (unpaired) electrons. The highest BCUT2D eigenvalue weighted by atomic mass is 16.7. The predicted molar refractivity (Wildman–Crippen MR) is 59.8 cm³/mol. The summed E-state index contributed by atoms with van der Waals surface area (Å²) >= 11 is 0. The first-order valence-corrected chi connectivity index (χ1v) is 5.81. The zero-order valence-electron chi connectivity index (χ0n) is 10.8. The first-order valence-electron chi connectivity index (χ1n) is 5.81. The molecule has 0 spiro atoms. The third-order valence-electron chi connectivity index (χ3n) is 3.32. The quantitative estimate of drug-likeness (QED) is 0.516. The molecule has 2 unspecified atom stereocenters. The Morgan fingerprint density at radius 2 is 1.75 bits per heavy atom. The summed E-state index contributed by atoms with van der Waals surface area (Å²) in [6.45, 7) is 9.12. The van der Waals surface area contributed by atoms with Gasteiger partial charge in [0.05, 0.1) is 13.0 Å². The molecule has 4 heteroatoms. The molecule has 0 amide bonds. The summed E-state index contributed by atoms with van der Waals surface area (Å²) in [4.78, 5) is 11.6. The molecule has 0 aromatic heterocycles. The Morgan fingerprint density at radius 1 is 1.25 bits per heavy atom. The SMILES string of the molecule is CCOC(OCC)C1C(C(=O)OC)C1(C)C. The fourth-order valence-corrected chi connectivity index (χ4v) is 2.35. The van der Waals surface area contributed by atoms with E-state index in [1.807, 2.05) is 27.7 Å². The molecule has 4 nitrogen and oxygen atoms in total. The Balaban J connectivity index is 2.68. The maximum Gasteiger partial charge on any atom is 0.309 e. The summed E-state index contributed by atoms with van der Waals surface area (Å²) in [5.41, 5.74) is -0.0951. The molecule has 0 heterocycles. The van der Waals surface area contributed by atoms with Gasteiger partial charge in [0, 0.05) is 19.1 Å². The standard InChI is InChI=1S/C12H22O4/c1-6-15-11(16-7-2)9-8(10(13)14-5)12(9,3)4/h8-9,11H,6-7H2,1-5H3. The molecule has 0 aromatic rings. The fourth-order valence-electron chi connectivity index (χ4n) is 2.35. The molecule has 0 aliphatic heterocycles. The largest absolute Gasteiger partial charge is 0.469 e. The molecule has 1 rings (SSSR count). The van der Waals surface area contributed by atoms with E-state index in [0.29, 0.717) is 13.2 Å². The Hall–Kier alpha value is -0.610. The Labute approximate surface area is 97.2 Å². The van der Waals surface area contributed by atoms with Crippen molar-refractivity contribution < 1.29 is 19.0 Å². The van der Waals surface area contributed by atoms with Gasteiger partial charge in [0.25, 0.3) is 0 Å². The van der Waals surface area contributed by atoms with Gasteiger partial charge in [0.2, 0.25) is 0 Å². The summed E-state index contributed by atoms with van der Waals surface area (Å²) in [5.74, 6) is -0.181. The second kappa shape index (κ2) is 5.15. The van der Waals surface area contributed by atoms with Crippen molar-refractivity contribution in [2.75, 3.05) is 20.3 Å². The van der Waals surface area contributed by atoms with Crippen molar-refractivity contribution in [3.05, 3.63) is 0 Å². The van der Waals surface area contributed by atoms with Crippen LogP contribution in [0, 0.1) is 17.3 Å². The van der Waals surface area contributed by atoms with Crippen LogP contribution < -0.4 is 0 Å². The van der Waals surface area contributed by atoms with Gasteiger partial charge in [0.15, 0.2) is 6.29 Å². The molecule has 0 saturated heterocycles. The zero-order chi connectivity index (χ0) is 12.3. The normalized spacial score (nSPS) is 26.9. The molecule has 0 bridgehead atoms. The van der Waals surface area contributed by atoms with Crippen LogP contribution in [0.5, 0.6) is 0 Å². The van der Waals surface area contributed by atoms with Crippen LogP contribution in [0.25, 0.3) is 0 Å². The monoisotopic (exact) mass is 230 g/mol. The number of rotatable bonds is 6. The summed E-state index contributed by atoms with van der Waals surface area (Å²) in [6, 6.07) is 0. The summed E-state index contributed by atoms with van der Waals surface area (Å²) < 4.78 is 15.9. The third-order valence-corrected chi connectivity index (χ3v) is 3.32. The number of esters is 1. The van der Waals surface area contributed by atoms with E-state index in [1.54, 1.807) is 0 Å². The van der Waals surface area contributed by atoms with Gasteiger partial charge < -0.3 is 14.2 Å². The lowest BCUT2D eigenvalue weighted by Gasteiger charge is -2.18. The van der Waals surface area contributed by atoms with E-state index in [2.05, 4.69) is 0 Å². The van der Waals surface area contributed by atoms with Crippen molar-refractivity contribution in [3.63, 3.8) is 0 Å². The highest BCUT2D eigenvalue weighted by Crippen LogP contribution is 2.61. The first kappa shape index (κ1) is 13.5. The minimum Gasteiger partial charge on any atom is -0.469 e. The summed E-state index contributed by atoms with van der Waals surface area (Å²) in [7, 11) is 1.42. The molecular formula is C12H22O4. The highest BCUT2D eigenvalue weighted by molar-refractivity contribution is 5.77. The molecule has 1 fully saturated rings. The van der Waals surface area contributed by atoms with Crippen LogP contribution in [0.1, 0.15) is 27.7 Å². The predicted octanol–water partition coefficient (Wildman–Crippen LogP) is 1.83. The van der Waals surface area contributed by atoms with E-state index in [9.17, 15) is 4.79 Å². The van der Waals surface area contributed by atoms with Crippen LogP contribution >= 0.6 is 0 Å². The Bertz CT molecular complexity index is 243. The van der Waals surface area contributed by atoms with Gasteiger partial charge in [-0.25, -0.2) is 0 Å². The Morgan fingerprint density at radius 3 is 2.12 bits per heavy atom. The molecule has 16 heavy (non-hydrogen) atoms. The van der Waals surface area contributed by atoms with Crippen LogP contribution in [-0.4, -0.2) is 32.6 Å². The van der Waals surface area contributed by atoms with E-state index in [4.69, 9.17) is 14.2 Å². The summed E-state index contributed by atoms with van der Waals surface area (Å²) in [5, 5.41) is 0. The van der Waals surface area contributed by atoms with Gasteiger partial charge in [0.1, 0.15) is 0 Å². The van der Waals surface area contributed by atoms with Gasteiger partial charge in [-0.3, -0.25) is 4.79 Å². The number of methoxy groups -OCH3 is 1. The molecular weight excluding hydrogens is 208 g/mol. The lowest BCUT2D eigenvalue weighted by atomic mass is 10.1. The minimum absolute atomic E-state index is 0.0951. The van der Waals surface area contributed by atoms with Gasteiger partial charge in [-0.2, -0.15) is 0 Å². The minimum atomic E-state index is -0.297. The van der Waals surface area contributed by atoms with Crippen LogP contribution in [0.3, 0.4) is 0 Å². The van der Waals surface area contributed by atoms with Gasteiger partial charge in [-0.05, 0) is 19.3 Å². The highest BCUT2D eigenvalue weighted by Gasteiger charge is 2.66. The van der Waals surface area contributed by atoms with E-state index in [1.165, 1.54) is 7.11 Å². The van der Waals surface area contributed by atoms with Gasteiger partial charge in [-0.15, -0.1) is 0 Å². The second-order valence-electron chi connectivity index (χ2n) is 4.63. The van der Waals surface area contributed by atoms with E-state index < -0.39 is 0 Å². The number of hydrogen-bond acceptors (Lipinski definition) is 4. The van der Waals surface area contributed by atoms with Crippen molar-refractivity contribution in [2.45, 2.75) is 34.0 Å². The summed E-state index contributed by atoms with van der Waals surface area (Å²) in [6.07, 6.45) is -0.297. The second-order valence-corrected chi connectivity index (χ2v) is 4.63. The average Bonchev–Trinajstić information content (AvgIpc) is 2.80. The lowest BCUT2D eigenvalue weighted by molar-refractivity contribution is -0.160. The fraction of sp³-hybridized carbons (Fsp3) is 0.917. The maximum atomic E-state index is 11.6. The van der Waals surface area contributed by atoms with Crippen LogP contribution in [-0.2, 0) is 19.0 Å². The number of hydrogen-bond donors (Lipinski definition) is 0. The van der Waals surface area contributed by atoms with Gasteiger partial charge in [-0.1, -0.05) is 13.8 Å². The number of carbonyl (C=O) groups excluding carboxylic acids is 1. The molecule has 1 aliphatic rings. The van der Waals surface area contributed by atoms with Crippen molar-refractivity contribution in [2.24, 2.45) is 17.3 Å². The van der Waals surface area contributed by atoms with Crippen molar-refractivity contribution in [1.29, 1.82) is 0 Å². The molecule has 0 aromatic carbocycles. The molecule has 1 saturated carbocycles. The molecule has 0 N–H and O–H groups in total. The average molecular weight is 230 g/mol. The third kappa shape index (κ3) is 2.38. The topological polar surface area (TPSA) is 44.8 Å². The van der Waals surface area contributed by atoms with Crippen LogP contribution in [0.4, 0.5) is 0 Å². The zero-order valence-corrected chi connectivity index (χ0v) is 10.8. The Kier molecular flexibility index (Phi) is 4.33. The lowest BCUT2D eigenvalue weighted by Crippen LogP contribution is -2.23. The molecule has 2 atom stereocenters. The van der Waals surface area contributed by atoms with E-state index in [0.717, 1.165) is 0 Å². The van der Waals surface area contributed by atoms with E-state index in [-0.39, 0.29) is 29.5 Å². The first-order chi connectivity index (χ1) is 7.50. The van der Waals surface area contributed by atoms with Gasteiger partial charge >= 0.3 is 5.97 Å². The molecule has 94 valence electrons. The molecule has 1 aliphatic carbocycles. The van der Waals surface area contributed by atoms with Crippen molar-refractivity contribution in [3.8, 4) is 0 Å². The van der Waals surface area contributed by atoms with E-state index >= 15 is 0 Å². The van der Waals surface area contributed by atoms with Crippen LogP contribution in [0.2, 0.25) is 0 Å². The number of carbonyl (C=O) groups is 1. The number of ether oxygens (including phenoxy) is 3. The van der Waals surface area contributed by atoms with Crippen molar-refractivity contribution >= 4 is 5.97 Å². The maximum absolute atomic E-state index is 11.6. The smallest absolute Gasteiger partial charge is 0.309 e.